The zero-order valence-corrected chi connectivity index (χ0v) is 13.1. The first-order valence-corrected chi connectivity index (χ1v) is 7.58. The molecule has 1 heterocycles. The number of aliphatic hydroxyl groups excluding tert-OH is 1. The van der Waals surface area contributed by atoms with Gasteiger partial charge in [0, 0.05) is 15.0 Å². The molecule has 1 atom stereocenters. The van der Waals surface area contributed by atoms with E-state index < -0.39 is 0 Å². The molecule has 0 fully saturated rings. The zero-order chi connectivity index (χ0) is 13.1. The van der Waals surface area contributed by atoms with Crippen molar-refractivity contribution in [2.24, 2.45) is 0 Å². The molecule has 0 aliphatic rings. The van der Waals surface area contributed by atoms with Crippen LogP contribution in [0.15, 0.2) is 38.6 Å². The van der Waals surface area contributed by atoms with Crippen LogP contribution in [0.5, 0.6) is 0 Å². The number of halogens is 3. The van der Waals surface area contributed by atoms with Crippen molar-refractivity contribution in [1.82, 2.24) is 0 Å². The molecule has 0 aliphatic carbocycles. The number of rotatable bonds is 4. The lowest BCUT2D eigenvalue weighted by molar-refractivity contribution is 0.277. The molecule has 18 heavy (non-hydrogen) atoms. The molecular weight excluding hydrogens is 385 g/mol. The fraction of sp³-hybridized carbons (Fsp3) is 0.167. The molecule has 96 valence electrons. The van der Waals surface area contributed by atoms with Gasteiger partial charge in [-0.3, -0.25) is 0 Å². The predicted octanol–water partition coefficient (Wildman–Crippen LogP) is 4.56. The number of hydrogen-bond acceptors (Lipinski definition) is 3. The van der Waals surface area contributed by atoms with E-state index in [1.165, 1.54) is 12.1 Å². The Morgan fingerprint density at radius 1 is 1.28 bits per heavy atom. The van der Waals surface area contributed by atoms with E-state index >= 15 is 0 Å². The van der Waals surface area contributed by atoms with Gasteiger partial charge in [-0.1, -0.05) is 0 Å². The van der Waals surface area contributed by atoms with E-state index in [0.29, 0.717) is 0 Å². The predicted molar refractivity (Wildman–Crippen MR) is 79.6 cm³/mol. The van der Waals surface area contributed by atoms with E-state index in [1.54, 1.807) is 23.5 Å². The van der Waals surface area contributed by atoms with Gasteiger partial charge in [-0.15, -0.1) is 11.3 Å². The summed E-state index contributed by atoms with van der Waals surface area (Å²) in [6.07, 6.45) is 0. The summed E-state index contributed by atoms with van der Waals surface area (Å²) >= 11 is 8.38. The fourth-order valence-corrected chi connectivity index (χ4v) is 3.62. The monoisotopic (exact) mass is 393 g/mol. The Morgan fingerprint density at radius 2 is 1.94 bits per heavy atom. The molecule has 6 heteroatoms. The van der Waals surface area contributed by atoms with Crippen molar-refractivity contribution in [3.63, 3.8) is 0 Å². The van der Waals surface area contributed by atoms with Crippen LogP contribution < -0.4 is 5.32 Å². The van der Waals surface area contributed by atoms with Gasteiger partial charge in [-0.05, 0) is 62.2 Å². The Hall–Kier alpha value is -0.430. The molecule has 1 aromatic carbocycles. The summed E-state index contributed by atoms with van der Waals surface area (Å²) in [5.74, 6) is -0.275. The maximum absolute atomic E-state index is 12.8. The molecule has 0 amide bonds. The first-order chi connectivity index (χ1) is 8.60. The Kier molecular flexibility index (Phi) is 4.77. The van der Waals surface area contributed by atoms with E-state index in [-0.39, 0.29) is 18.5 Å². The molecule has 0 saturated carbocycles. The summed E-state index contributed by atoms with van der Waals surface area (Å²) < 4.78 is 14.7. The summed E-state index contributed by atoms with van der Waals surface area (Å²) in [4.78, 5) is 1.00. The number of thiophene rings is 1. The Morgan fingerprint density at radius 3 is 2.44 bits per heavy atom. The molecule has 2 rings (SSSR count). The normalized spacial score (nSPS) is 12.4. The molecule has 2 aromatic rings. The van der Waals surface area contributed by atoms with Crippen LogP contribution in [0.25, 0.3) is 0 Å². The van der Waals surface area contributed by atoms with Crippen LogP contribution in [-0.2, 0) is 0 Å². The van der Waals surface area contributed by atoms with Gasteiger partial charge in [0.05, 0.1) is 16.4 Å². The molecule has 2 nitrogen and oxygen atoms in total. The lowest BCUT2D eigenvalue weighted by Crippen LogP contribution is -2.13. The van der Waals surface area contributed by atoms with Crippen LogP contribution in [0, 0.1) is 5.82 Å². The second-order valence-electron chi connectivity index (χ2n) is 3.66. The summed E-state index contributed by atoms with van der Waals surface area (Å²) in [7, 11) is 0. The number of aliphatic hydroxyl groups is 1. The highest BCUT2D eigenvalue weighted by atomic mass is 79.9. The highest BCUT2D eigenvalue weighted by Crippen LogP contribution is 2.36. The molecule has 0 saturated heterocycles. The quantitative estimate of drug-likeness (QED) is 0.796. The van der Waals surface area contributed by atoms with E-state index in [9.17, 15) is 9.50 Å². The van der Waals surface area contributed by atoms with Crippen molar-refractivity contribution in [2.75, 3.05) is 11.9 Å². The molecule has 0 spiro atoms. The molecule has 0 radical (unpaired) electrons. The van der Waals surface area contributed by atoms with Gasteiger partial charge in [0.25, 0.3) is 0 Å². The average molecular weight is 395 g/mol. The van der Waals surface area contributed by atoms with Gasteiger partial charge in [-0.2, -0.15) is 0 Å². The fourth-order valence-electron chi connectivity index (χ4n) is 1.49. The van der Waals surface area contributed by atoms with E-state index in [1.807, 2.05) is 6.07 Å². The maximum atomic E-state index is 12.8. The molecule has 1 aromatic heterocycles. The van der Waals surface area contributed by atoms with Crippen molar-refractivity contribution >= 4 is 48.9 Å². The zero-order valence-electron chi connectivity index (χ0n) is 9.16. The molecule has 2 N–H and O–H groups in total. The third-order valence-corrected chi connectivity index (χ3v) is 5.75. The molecule has 0 aliphatic heterocycles. The first-order valence-electron chi connectivity index (χ1n) is 5.18. The van der Waals surface area contributed by atoms with Crippen LogP contribution in [0.2, 0.25) is 0 Å². The largest absolute Gasteiger partial charge is 0.394 e. The van der Waals surface area contributed by atoms with Crippen LogP contribution in [0.1, 0.15) is 10.9 Å². The van der Waals surface area contributed by atoms with Crippen LogP contribution in [-0.4, -0.2) is 11.7 Å². The summed E-state index contributed by atoms with van der Waals surface area (Å²) in [6, 6.07) is 7.81. The van der Waals surface area contributed by atoms with Crippen molar-refractivity contribution in [3.05, 3.63) is 49.3 Å². The van der Waals surface area contributed by atoms with Crippen molar-refractivity contribution < 1.29 is 9.50 Å². The summed E-state index contributed by atoms with van der Waals surface area (Å²) in [5, 5.41) is 12.6. The van der Waals surface area contributed by atoms with Crippen molar-refractivity contribution in [2.45, 2.75) is 6.04 Å². The Balaban J connectivity index is 2.16. The van der Waals surface area contributed by atoms with Gasteiger partial charge in [0.15, 0.2) is 0 Å². The van der Waals surface area contributed by atoms with Crippen molar-refractivity contribution in [3.8, 4) is 0 Å². The second-order valence-corrected chi connectivity index (χ2v) is 6.91. The molecule has 0 bridgehead atoms. The number of nitrogens with one attached hydrogen (secondary N) is 1. The SMILES string of the molecule is OCC(Nc1ccc(F)cc1)c1cc(Br)c(Br)s1. The minimum absolute atomic E-state index is 0.0310. The standard InChI is InChI=1S/C12H10Br2FNOS/c13-9-5-11(18-12(9)14)10(6-17)16-8-3-1-7(15)2-4-8/h1-5,10,16-17H,6H2. The lowest BCUT2D eigenvalue weighted by Gasteiger charge is -2.16. The van der Waals surface area contributed by atoms with Crippen LogP contribution in [0.3, 0.4) is 0 Å². The van der Waals surface area contributed by atoms with Crippen LogP contribution in [0.4, 0.5) is 10.1 Å². The Bertz CT molecular complexity index is 510. The highest BCUT2D eigenvalue weighted by Gasteiger charge is 2.15. The topological polar surface area (TPSA) is 32.3 Å². The van der Waals surface area contributed by atoms with E-state index in [4.69, 9.17) is 0 Å². The van der Waals surface area contributed by atoms with Gasteiger partial charge >= 0.3 is 0 Å². The lowest BCUT2D eigenvalue weighted by atomic mass is 10.2. The third kappa shape index (κ3) is 3.32. The van der Waals surface area contributed by atoms with Gasteiger partial charge in [0.2, 0.25) is 0 Å². The number of hydrogen-bond donors (Lipinski definition) is 2. The van der Waals surface area contributed by atoms with Gasteiger partial charge < -0.3 is 10.4 Å². The van der Waals surface area contributed by atoms with Crippen LogP contribution >= 0.6 is 43.2 Å². The molecule has 1 unspecified atom stereocenters. The molecular formula is C12H10Br2FNOS. The minimum Gasteiger partial charge on any atom is -0.394 e. The minimum atomic E-state index is -0.275. The Labute approximate surface area is 125 Å². The van der Waals surface area contributed by atoms with E-state index in [2.05, 4.69) is 37.2 Å². The maximum Gasteiger partial charge on any atom is 0.123 e. The van der Waals surface area contributed by atoms with Crippen molar-refractivity contribution in [1.29, 1.82) is 0 Å². The number of benzene rings is 1. The second kappa shape index (κ2) is 6.14. The van der Waals surface area contributed by atoms with Gasteiger partial charge in [0.1, 0.15) is 5.82 Å². The first kappa shape index (κ1) is 14.0. The third-order valence-electron chi connectivity index (χ3n) is 2.38. The smallest absolute Gasteiger partial charge is 0.123 e. The highest BCUT2D eigenvalue weighted by molar-refractivity contribution is 9.13. The average Bonchev–Trinajstić information content (AvgIpc) is 2.69. The summed E-state index contributed by atoms with van der Waals surface area (Å²) in [5.41, 5.74) is 0.774. The number of anilines is 1. The summed E-state index contributed by atoms with van der Waals surface area (Å²) in [6.45, 7) is -0.0310. The van der Waals surface area contributed by atoms with E-state index in [0.717, 1.165) is 18.8 Å². The van der Waals surface area contributed by atoms with Gasteiger partial charge in [-0.25, -0.2) is 4.39 Å².